The number of carbonyl (C=O) groups excluding carboxylic acids is 1. The Morgan fingerprint density at radius 2 is 2.15 bits per heavy atom. The van der Waals surface area contributed by atoms with Crippen molar-refractivity contribution in [2.75, 3.05) is 32.8 Å². The third-order valence-corrected chi connectivity index (χ3v) is 5.42. The van der Waals surface area contributed by atoms with Crippen LogP contribution in [0.25, 0.3) is 0 Å². The van der Waals surface area contributed by atoms with E-state index in [1.54, 1.807) is 12.1 Å². The van der Waals surface area contributed by atoms with Crippen molar-refractivity contribution < 1.29 is 19.4 Å². The molecule has 150 valence electrons. The highest BCUT2D eigenvalue weighted by Gasteiger charge is 2.41. The van der Waals surface area contributed by atoms with E-state index in [2.05, 4.69) is 21.5 Å². The first kappa shape index (κ1) is 20.4. The molecule has 1 aromatic carbocycles. The third-order valence-electron chi connectivity index (χ3n) is 5.14. The summed E-state index contributed by atoms with van der Waals surface area (Å²) in [5.74, 6) is 1.08. The summed E-state index contributed by atoms with van der Waals surface area (Å²) in [5.41, 5.74) is 6.84. The summed E-state index contributed by atoms with van der Waals surface area (Å²) in [7, 11) is 0. The molecule has 4 unspecified atom stereocenters. The van der Waals surface area contributed by atoms with Gasteiger partial charge in [-0.3, -0.25) is 10.2 Å². The van der Waals surface area contributed by atoms with E-state index in [0.29, 0.717) is 41.3 Å². The van der Waals surface area contributed by atoms with Crippen molar-refractivity contribution >= 4 is 29.9 Å². The second kappa shape index (κ2) is 8.81. The monoisotopic (exact) mass is 418 g/mol. The lowest BCUT2D eigenvalue weighted by Gasteiger charge is -2.27. The van der Waals surface area contributed by atoms with E-state index in [4.69, 9.17) is 21.1 Å². The molecule has 0 bridgehead atoms. The maximum Gasteiger partial charge on any atom is 0.238 e. The number of nitrogens with one attached hydrogen (secondary N) is 4. The van der Waals surface area contributed by atoms with Crippen LogP contribution in [0.5, 0.6) is 11.5 Å². The molecule has 0 radical (unpaired) electrons. The molecule has 3 aliphatic rings. The summed E-state index contributed by atoms with van der Waals surface area (Å²) in [6.45, 7) is 2.73. The molecule has 2 saturated heterocycles. The van der Waals surface area contributed by atoms with Gasteiger partial charge in [0.05, 0.1) is 11.1 Å². The molecule has 1 aromatic rings. The number of benzene rings is 1. The third kappa shape index (κ3) is 4.26. The number of hydrogen-bond acceptors (Lipinski definition) is 7. The van der Waals surface area contributed by atoms with E-state index in [1.165, 1.54) is 0 Å². The molecular formula is C17H24Cl2N4O4. The first-order chi connectivity index (χ1) is 12.6. The van der Waals surface area contributed by atoms with E-state index in [1.807, 2.05) is 0 Å². The van der Waals surface area contributed by atoms with Crippen LogP contribution in [0.4, 0.5) is 0 Å². The van der Waals surface area contributed by atoms with Crippen molar-refractivity contribution in [3.63, 3.8) is 0 Å². The SMILES string of the molecule is Cl.O=C(NCC(O)c1cc(Cl)c2c(c1)OCCO2)C1NNC2CCNCC21. The van der Waals surface area contributed by atoms with Gasteiger partial charge >= 0.3 is 0 Å². The number of piperidine rings is 1. The number of carbonyl (C=O) groups is 1. The average molecular weight is 419 g/mol. The van der Waals surface area contributed by atoms with Gasteiger partial charge in [-0.05, 0) is 30.7 Å². The van der Waals surface area contributed by atoms with E-state index in [-0.39, 0.29) is 36.8 Å². The van der Waals surface area contributed by atoms with Crippen LogP contribution in [-0.2, 0) is 4.79 Å². The van der Waals surface area contributed by atoms with Crippen molar-refractivity contribution in [2.24, 2.45) is 5.92 Å². The lowest BCUT2D eigenvalue weighted by Crippen LogP contribution is -2.49. The minimum atomic E-state index is -0.887. The molecule has 1 amide bonds. The zero-order valence-electron chi connectivity index (χ0n) is 14.7. The van der Waals surface area contributed by atoms with Crippen LogP contribution in [0.2, 0.25) is 5.02 Å². The van der Waals surface area contributed by atoms with Crippen LogP contribution in [0.15, 0.2) is 12.1 Å². The minimum absolute atomic E-state index is 0. The van der Waals surface area contributed by atoms with Crippen molar-refractivity contribution in [2.45, 2.75) is 24.6 Å². The Morgan fingerprint density at radius 3 is 3.00 bits per heavy atom. The Morgan fingerprint density at radius 1 is 1.33 bits per heavy atom. The number of aliphatic hydroxyl groups is 1. The Bertz CT molecular complexity index is 693. The van der Waals surface area contributed by atoms with Crippen LogP contribution in [0.3, 0.4) is 0 Å². The quantitative estimate of drug-likeness (QED) is 0.473. The zero-order valence-corrected chi connectivity index (χ0v) is 16.2. The maximum atomic E-state index is 12.5. The number of hydrogen-bond donors (Lipinski definition) is 5. The van der Waals surface area contributed by atoms with E-state index in [9.17, 15) is 9.90 Å². The second-order valence-corrected chi connectivity index (χ2v) is 7.22. The number of ether oxygens (including phenoxy) is 2. The average Bonchev–Trinajstić information content (AvgIpc) is 3.10. The van der Waals surface area contributed by atoms with Gasteiger partial charge in [-0.25, -0.2) is 5.43 Å². The molecule has 5 N–H and O–H groups in total. The molecule has 27 heavy (non-hydrogen) atoms. The van der Waals surface area contributed by atoms with Crippen LogP contribution < -0.4 is 31.0 Å². The topological polar surface area (TPSA) is 104 Å². The second-order valence-electron chi connectivity index (χ2n) is 6.82. The van der Waals surface area contributed by atoms with Gasteiger partial charge in [-0.15, -0.1) is 12.4 Å². The van der Waals surface area contributed by atoms with Gasteiger partial charge < -0.3 is 25.2 Å². The van der Waals surface area contributed by atoms with Gasteiger partial charge in [-0.1, -0.05) is 11.6 Å². The van der Waals surface area contributed by atoms with Crippen molar-refractivity contribution in [3.8, 4) is 11.5 Å². The Hall–Kier alpha value is -1.29. The predicted octanol–water partition coefficient (Wildman–Crippen LogP) is 0.137. The highest BCUT2D eigenvalue weighted by molar-refractivity contribution is 6.32. The molecule has 0 aromatic heterocycles. The van der Waals surface area contributed by atoms with E-state index >= 15 is 0 Å². The van der Waals surface area contributed by atoms with Gasteiger partial charge in [0.25, 0.3) is 0 Å². The molecule has 0 spiro atoms. The normalized spacial score (nSPS) is 27.3. The number of halogens is 2. The minimum Gasteiger partial charge on any atom is -0.486 e. The van der Waals surface area contributed by atoms with E-state index in [0.717, 1.165) is 19.5 Å². The molecule has 10 heteroatoms. The summed E-state index contributed by atoms with van der Waals surface area (Å²) in [6, 6.07) is 3.33. The van der Waals surface area contributed by atoms with Gasteiger partial charge in [0.15, 0.2) is 11.5 Å². The molecule has 3 aliphatic heterocycles. The highest BCUT2D eigenvalue weighted by atomic mass is 35.5. The summed E-state index contributed by atoms with van der Waals surface area (Å²) in [6.07, 6.45) is 0.0988. The largest absolute Gasteiger partial charge is 0.486 e. The molecule has 8 nitrogen and oxygen atoms in total. The number of rotatable bonds is 4. The summed E-state index contributed by atoms with van der Waals surface area (Å²) in [4.78, 5) is 12.5. The zero-order chi connectivity index (χ0) is 18.1. The van der Waals surface area contributed by atoms with E-state index < -0.39 is 6.10 Å². The fraction of sp³-hybridized carbons (Fsp3) is 0.588. The summed E-state index contributed by atoms with van der Waals surface area (Å²) in [5, 5.41) is 17.0. The molecule has 4 rings (SSSR count). The summed E-state index contributed by atoms with van der Waals surface area (Å²) < 4.78 is 11.0. The number of fused-ring (bicyclic) bond motifs is 2. The molecule has 2 fully saturated rings. The molecule has 0 saturated carbocycles. The van der Waals surface area contributed by atoms with Gasteiger partial charge in [0.1, 0.15) is 19.3 Å². The standard InChI is InChI=1S/C17H23ClN4O4.ClH/c18-11-5-9(6-14-16(11)26-4-3-25-14)13(23)8-20-17(24)15-10-7-19-2-1-12(10)21-22-15;/h5-6,10,12-13,15,19,21-23H,1-4,7-8H2,(H,20,24);1H. The molecule has 0 aliphatic carbocycles. The predicted molar refractivity (Wildman–Crippen MR) is 102 cm³/mol. The maximum absolute atomic E-state index is 12.5. The van der Waals surface area contributed by atoms with Crippen LogP contribution in [0.1, 0.15) is 18.1 Å². The van der Waals surface area contributed by atoms with Gasteiger partial charge in [-0.2, -0.15) is 0 Å². The molecular weight excluding hydrogens is 395 g/mol. The fourth-order valence-electron chi connectivity index (χ4n) is 3.72. The van der Waals surface area contributed by atoms with Crippen molar-refractivity contribution in [1.82, 2.24) is 21.5 Å². The molecule has 4 atom stereocenters. The summed E-state index contributed by atoms with van der Waals surface area (Å²) >= 11 is 6.21. The van der Waals surface area contributed by atoms with Crippen LogP contribution in [-0.4, -0.2) is 55.9 Å². The Kier molecular flexibility index (Phi) is 6.67. The van der Waals surface area contributed by atoms with Gasteiger partial charge in [0, 0.05) is 25.0 Å². The Balaban J connectivity index is 0.00000210. The smallest absolute Gasteiger partial charge is 0.238 e. The number of aliphatic hydroxyl groups excluding tert-OH is 1. The van der Waals surface area contributed by atoms with Crippen LogP contribution in [0, 0.1) is 5.92 Å². The number of amides is 1. The van der Waals surface area contributed by atoms with Crippen LogP contribution >= 0.6 is 24.0 Å². The molecule has 3 heterocycles. The van der Waals surface area contributed by atoms with Crippen molar-refractivity contribution in [3.05, 3.63) is 22.7 Å². The Labute approximate surface area is 168 Å². The lowest BCUT2D eigenvalue weighted by molar-refractivity contribution is -0.124. The first-order valence-electron chi connectivity index (χ1n) is 8.90. The van der Waals surface area contributed by atoms with Crippen molar-refractivity contribution in [1.29, 1.82) is 0 Å². The fourth-order valence-corrected chi connectivity index (χ4v) is 4.00. The highest BCUT2D eigenvalue weighted by Crippen LogP contribution is 2.39. The number of hydrazine groups is 1. The first-order valence-corrected chi connectivity index (χ1v) is 9.28. The lowest BCUT2D eigenvalue weighted by atomic mass is 9.89. The van der Waals surface area contributed by atoms with Gasteiger partial charge in [0.2, 0.25) is 5.91 Å².